The molecule has 1 atom stereocenters. The summed E-state index contributed by atoms with van der Waals surface area (Å²) >= 11 is 0. The molecule has 0 radical (unpaired) electrons. The third-order valence-corrected chi connectivity index (χ3v) is 9.71. The van der Waals surface area contributed by atoms with Crippen LogP contribution >= 0.6 is 0 Å². The summed E-state index contributed by atoms with van der Waals surface area (Å²) in [5, 5.41) is 2.73. The van der Waals surface area contributed by atoms with Gasteiger partial charge in [-0.1, -0.05) is 160 Å². The van der Waals surface area contributed by atoms with Crippen LogP contribution < -0.4 is 10.4 Å². The van der Waals surface area contributed by atoms with E-state index in [0.29, 0.717) is 5.92 Å². The van der Waals surface area contributed by atoms with Gasteiger partial charge < -0.3 is 0 Å². The predicted octanol–water partition coefficient (Wildman–Crippen LogP) is 10.7. The van der Waals surface area contributed by atoms with Crippen LogP contribution in [0.25, 0.3) is 28.3 Å². The number of hydrogen-bond donors (Lipinski definition) is 0. The highest BCUT2D eigenvalue weighted by atomic mass is 14.4. The van der Waals surface area contributed by atoms with Crippen LogP contribution in [0.5, 0.6) is 0 Å². The van der Waals surface area contributed by atoms with Gasteiger partial charge in [0.2, 0.25) is 0 Å². The molecule has 230 valence electrons. The number of hydrogen-bond acceptors (Lipinski definition) is 0. The minimum absolute atomic E-state index is 0.0938. The molecule has 4 aromatic carbocycles. The lowest BCUT2D eigenvalue weighted by Gasteiger charge is -2.29. The maximum atomic E-state index is 2.56. The maximum Gasteiger partial charge on any atom is 0.00277 e. The molecule has 0 bridgehead atoms. The molecule has 0 saturated carbocycles. The molecule has 0 heteroatoms. The van der Waals surface area contributed by atoms with Crippen LogP contribution in [0.15, 0.2) is 103 Å². The van der Waals surface area contributed by atoms with Gasteiger partial charge in [0.25, 0.3) is 0 Å². The molecule has 2 aliphatic rings. The molecular formula is C45H50. The normalized spacial score (nSPS) is 16.1. The van der Waals surface area contributed by atoms with Crippen molar-refractivity contribution in [2.75, 3.05) is 0 Å². The molecule has 1 unspecified atom stereocenters. The number of allylic oxidation sites excluding steroid dienone is 4. The Labute approximate surface area is 271 Å². The molecular weight excluding hydrogens is 540 g/mol. The van der Waals surface area contributed by atoms with Gasteiger partial charge in [-0.3, -0.25) is 0 Å². The van der Waals surface area contributed by atoms with E-state index in [2.05, 4.69) is 172 Å². The first kappa shape index (κ1) is 31.1. The Kier molecular flexibility index (Phi) is 7.72. The van der Waals surface area contributed by atoms with Crippen molar-refractivity contribution in [1.29, 1.82) is 0 Å². The molecule has 4 aromatic rings. The van der Waals surface area contributed by atoms with Crippen molar-refractivity contribution in [1.82, 2.24) is 0 Å². The minimum Gasteiger partial charge on any atom is -0.0732 e. The first-order valence-corrected chi connectivity index (χ1v) is 16.8. The molecule has 0 saturated heterocycles. The summed E-state index contributed by atoms with van der Waals surface area (Å²) in [5.74, 6) is 0.388. The monoisotopic (exact) mass is 590 g/mol. The Hall–Kier alpha value is -3.90. The molecule has 0 spiro atoms. The first-order chi connectivity index (χ1) is 21.2. The Balaban J connectivity index is 1.84. The van der Waals surface area contributed by atoms with E-state index in [1.54, 1.807) is 0 Å². The van der Waals surface area contributed by atoms with Gasteiger partial charge in [0.15, 0.2) is 0 Å². The summed E-state index contributed by atoms with van der Waals surface area (Å²) in [6, 6.07) is 31.7. The molecule has 45 heavy (non-hydrogen) atoms. The largest absolute Gasteiger partial charge is 0.0732 e. The van der Waals surface area contributed by atoms with Gasteiger partial charge in [0.1, 0.15) is 0 Å². The van der Waals surface area contributed by atoms with E-state index in [-0.39, 0.29) is 16.2 Å². The summed E-state index contributed by atoms with van der Waals surface area (Å²) in [7, 11) is 0. The fourth-order valence-electron chi connectivity index (χ4n) is 7.27. The van der Waals surface area contributed by atoms with E-state index >= 15 is 0 Å². The van der Waals surface area contributed by atoms with Crippen molar-refractivity contribution >= 4 is 17.2 Å². The third kappa shape index (κ3) is 5.69. The van der Waals surface area contributed by atoms with Gasteiger partial charge in [0.05, 0.1) is 0 Å². The topological polar surface area (TPSA) is 0 Å². The lowest BCUT2D eigenvalue weighted by Crippen LogP contribution is -2.33. The SMILES string of the molecule is CCC1C=C(C(C)(C)C)C=C1c1c(C(C)(C)C)c(=C(c2ccccc2)c2ccccc2)cc2c1=Cc1cc(C(C)(C)C)ccc1-2. The van der Waals surface area contributed by atoms with Crippen molar-refractivity contribution in [3.63, 3.8) is 0 Å². The highest BCUT2D eigenvalue weighted by Gasteiger charge is 2.33. The van der Waals surface area contributed by atoms with Crippen LogP contribution in [0.1, 0.15) is 109 Å². The second-order valence-electron chi connectivity index (χ2n) is 16.2. The molecule has 0 amide bonds. The molecule has 0 aliphatic heterocycles. The zero-order valence-electron chi connectivity index (χ0n) is 29.1. The van der Waals surface area contributed by atoms with Gasteiger partial charge in [-0.25, -0.2) is 0 Å². The van der Waals surface area contributed by atoms with Crippen LogP contribution in [-0.2, 0) is 10.8 Å². The van der Waals surface area contributed by atoms with Gasteiger partial charge in [0, 0.05) is 5.92 Å². The molecule has 0 aromatic heterocycles. The Morgan fingerprint density at radius 1 is 0.622 bits per heavy atom. The average Bonchev–Trinajstić information content (AvgIpc) is 3.58. The quantitative estimate of drug-likeness (QED) is 0.195. The smallest absolute Gasteiger partial charge is 0.00277 e. The molecule has 0 heterocycles. The van der Waals surface area contributed by atoms with Gasteiger partial charge in [-0.05, 0) is 106 Å². The van der Waals surface area contributed by atoms with E-state index in [1.807, 2.05) is 0 Å². The standard InChI is InChI=1S/C45H50/c1-11-29-24-34(44(5,6)7)27-36(29)41-38-26-32-25-33(43(2,3)4)22-23-35(32)37(38)28-39(42(41)45(8,9)10)40(30-18-14-12-15-19-30)31-20-16-13-17-21-31/h12-29H,11H2,1-10H3. The number of rotatable bonds is 4. The molecule has 0 nitrogen and oxygen atoms in total. The van der Waals surface area contributed by atoms with E-state index in [1.165, 1.54) is 71.7 Å². The summed E-state index contributed by atoms with van der Waals surface area (Å²) in [6.07, 6.45) is 8.69. The number of fused-ring (bicyclic) bond motifs is 3. The van der Waals surface area contributed by atoms with Crippen LogP contribution in [0.3, 0.4) is 0 Å². The second-order valence-corrected chi connectivity index (χ2v) is 16.2. The second kappa shape index (κ2) is 11.2. The Morgan fingerprint density at radius 3 is 1.73 bits per heavy atom. The van der Waals surface area contributed by atoms with E-state index in [9.17, 15) is 0 Å². The van der Waals surface area contributed by atoms with Crippen LogP contribution in [0, 0.1) is 11.3 Å². The molecule has 0 fully saturated rings. The zero-order valence-corrected chi connectivity index (χ0v) is 29.1. The average molecular weight is 591 g/mol. The minimum atomic E-state index is -0.0999. The Bertz CT molecular complexity index is 1900. The fraction of sp³-hybridized carbons (Fsp3) is 0.333. The van der Waals surface area contributed by atoms with E-state index in [4.69, 9.17) is 0 Å². The summed E-state index contributed by atoms with van der Waals surface area (Å²) < 4.78 is 0. The zero-order chi connectivity index (χ0) is 32.3. The lowest BCUT2D eigenvalue weighted by molar-refractivity contribution is 0.516. The summed E-state index contributed by atoms with van der Waals surface area (Å²) in [4.78, 5) is 0. The highest BCUT2D eigenvalue weighted by Crippen LogP contribution is 2.44. The third-order valence-electron chi connectivity index (χ3n) is 9.71. The Morgan fingerprint density at radius 2 is 1.22 bits per heavy atom. The van der Waals surface area contributed by atoms with Gasteiger partial charge in [-0.2, -0.15) is 0 Å². The molecule has 6 rings (SSSR count). The van der Waals surface area contributed by atoms with Crippen LogP contribution in [-0.4, -0.2) is 0 Å². The van der Waals surface area contributed by atoms with Crippen LogP contribution in [0.2, 0.25) is 0 Å². The van der Waals surface area contributed by atoms with E-state index < -0.39 is 0 Å². The number of benzene rings is 4. The van der Waals surface area contributed by atoms with Crippen molar-refractivity contribution in [3.05, 3.63) is 146 Å². The maximum absolute atomic E-state index is 2.56. The van der Waals surface area contributed by atoms with E-state index in [0.717, 1.165) is 6.42 Å². The van der Waals surface area contributed by atoms with Crippen LogP contribution in [0.4, 0.5) is 0 Å². The van der Waals surface area contributed by atoms with Crippen molar-refractivity contribution in [2.24, 2.45) is 11.3 Å². The van der Waals surface area contributed by atoms with Crippen molar-refractivity contribution < 1.29 is 0 Å². The first-order valence-electron chi connectivity index (χ1n) is 16.8. The molecule has 2 aliphatic carbocycles. The van der Waals surface area contributed by atoms with Crippen molar-refractivity contribution in [3.8, 4) is 11.1 Å². The van der Waals surface area contributed by atoms with Gasteiger partial charge >= 0.3 is 0 Å². The lowest BCUT2D eigenvalue weighted by atomic mass is 9.75. The van der Waals surface area contributed by atoms with Gasteiger partial charge in [-0.15, -0.1) is 0 Å². The predicted molar refractivity (Wildman–Crippen MR) is 196 cm³/mol. The highest BCUT2D eigenvalue weighted by molar-refractivity contribution is 5.92. The van der Waals surface area contributed by atoms with Crippen molar-refractivity contribution in [2.45, 2.75) is 86.5 Å². The fourth-order valence-corrected chi connectivity index (χ4v) is 7.27. The summed E-state index contributed by atoms with van der Waals surface area (Å²) in [6.45, 7) is 23.6. The molecule has 0 N–H and O–H groups in total. The summed E-state index contributed by atoms with van der Waals surface area (Å²) in [5.41, 5.74) is 15.1.